The van der Waals surface area contributed by atoms with E-state index in [0.29, 0.717) is 16.6 Å². The summed E-state index contributed by atoms with van der Waals surface area (Å²) in [6.07, 6.45) is 0. The van der Waals surface area contributed by atoms with E-state index in [-0.39, 0.29) is 18.4 Å². The van der Waals surface area contributed by atoms with E-state index in [1.165, 1.54) is 0 Å². The molecule has 4 heteroatoms. The van der Waals surface area contributed by atoms with Gasteiger partial charge in [-0.05, 0) is 59.7 Å². The van der Waals surface area contributed by atoms with Gasteiger partial charge in [-0.2, -0.15) is 4.39 Å². The third kappa shape index (κ3) is 2.54. The molecular formula is C27H20F2N2. The summed E-state index contributed by atoms with van der Waals surface area (Å²) in [5.74, 6) is -0.535. The van der Waals surface area contributed by atoms with Crippen molar-refractivity contribution in [1.29, 1.82) is 0 Å². The lowest BCUT2D eigenvalue weighted by atomic mass is 10.1. The molecule has 4 aromatic carbocycles. The molecule has 31 heavy (non-hydrogen) atoms. The Bertz CT molecular complexity index is 1530. The fraction of sp³-hybridized carbons (Fsp3) is 0.111. The fourth-order valence-electron chi connectivity index (χ4n) is 4.75. The number of rotatable bonds is 2. The van der Waals surface area contributed by atoms with E-state index in [4.69, 9.17) is 0 Å². The first-order chi connectivity index (χ1) is 15.0. The molecule has 2 nitrogen and oxygen atoms in total. The standard InChI is InChI=1S/C27H20F2N2/c1-16-22-11-18-7-3-5-9-20(18)13-24(22)31(27(16)29)15-30-17(2)26(28)23-12-19-8-4-6-10-21(19)14-25(23)30/h3-14H,15H2,1-2H3. The Labute approximate surface area is 177 Å². The molecule has 0 N–H and O–H groups in total. The van der Waals surface area contributed by atoms with Gasteiger partial charge < -0.3 is 4.57 Å². The van der Waals surface area contributed by atoms with Crippen LogP contribution in [0.5, 0.6) is 0 Å². The van der Waals surface area contributed by atoms with E-state index in [0.717, 1.165) is 38.0 Å². The van der Waals surface area contributed by atoms with Crippen LogP contribution in [0.1, 0.15) is 11.3 Å². The van der Waals surface area contributed by atoms with Gasteiger partial charge in [0.1, 0.15) is 6.67 Å². The summed E-state index contributed by atoms with van der Waals surface area (Å²) in [6.45, 7) is 3.77. The minimum atomic E-state index is -0.284. The van der Waals surface area contributed by atoms with Crippen LogP contribution < -0.4 is 0 Å². The number of hydrogen-bond donors (Lipinski definition) is 0. The predicted molar refractivity (Wildman–Crippen MR) is 124 cm³/mol. The third-order valence-electron chi connectivity index (χ3n) is 6.50. The highest BCUT2D eigenvalue weighted by molar-refractivity contribution is 5.99. The van der Waals surface area contributed by atoms with Crippen molar-refractivity contribution in [3.63, 3.8) is 0 Å². The molecule has 0 unspecified atom stereocenters. The van der Waals surface area contributed by atoms with Gasteiger partial charge in [0.25, 0.3) is 0 Å². The molecule has 0 saturated carbocycles. The molecule has 0 aliphatic rings. The Kier molecular flexibility index (Phi) is 3.75. The Morgan fingerprint density at radius 2 is 1.13 bits per heavy atom. The summed E-state index contributed by atoms with van der Waals surface area (Å²) in [4.78, 5) is 0. The third-order valence-corrected chi connectivity index (χ3v) is 6.50. The molecule has 2 heterocycles. The van der Waals surface area contributed by atoms with E-state index >= 15 is 8.78 Å². The van der Waals surface area contributed by atoms with Gasteiger partial charge >= 0.3 is 0 Å². The summed E-state index contributed by atoms with van der Waals surface area (Å²) < 4.78 is 34.1. The molecule has 0 bridgehead atoms. The van der Waals surface area contributed by atoms with Crippen molar-refractivity contribution < 1.29 is 8.78 Å². The van der Waals surface area contributed by atoms with Crippen LogP contribution in [0.4, 0.5) is 8.78 Å². The van der Waals surface area contributed by atoms with E-state index in [1.807, 2.05) is 77.4 Å². The molecule has 0 radical (unpaired) electrons. The van der Waals surface area contributed by atoms with Crippen molar-refractivity contribution in [3.05, 3.63) is 95.8 Å². The Balaban J connectivity index is 1.62. The second kappa shape index (κ2) is 6.42. The molecule has 0 saturated heterocycles. The fourth-order valence-corrected chi connectivity index (χ4v) is 4.75. The van der Waals surface area contributed by atoms with Crippen LogP contribution in [0, 0.1) is 25.6 Å². The summed E-state index contributed by atoms with van der Waals surface area (Å²) in [5, 5.41) is 5.61. The zero-order valence-electron chi connectivity index (χ0n) is 17.3. The van der Waals surface area contributed by atoms with E-state index in [9.17, 15) is 0 Å². The molecule has 0 amide bonds. The highest BCUT2D eigenvalue weighted by Gasteiger charge is 2.19. The van der Waals surface area contributed by atoms with Gasteiger partial charge in [0.05, 0.1) is 16.7 Å². The summed E-state index contributed by atoms with van der Waals surface area (Å²) in [5.41, 5.74) is 2.70. The molecule has 6 rings (SSSR count). The van der Waals surface area contributed by atoms with Gasteiger partial charge in [-0.25, -0.2) is 4.39 Å². The van der Waals surface area contributed by atoms with Crippen LogP contribution >= 0.6 is 0 Å². The highest BCUT2D eigenvalue weighted by atomic mass is 19.1. The minimum absolute atomic E-state index is 0.207. The quantitative estimate of drug-likeness (QED) is 0.283. The Hall–Kier alpha value is -3.66. The van der Waals surface area contributed by atoms with Crippen LogP contribution in [0.25, 0.3) is 43.4 Å². The van der Waals surface area contributed by atoms with Gasteiger partial charge in [0.2, 0.25) is 0 Å². The first-order valence-electron chi connectivity index (χ1n) is 10.4. The van der Waals surface area contributed by atoms with Crippen LogP contribution in [-0.4, -0.2) is 9.13 Å². The van der Waals surface area contributed by atoms with E-state index < -0.39 is 0 Å². The van der Waals surface area contributed by atoms with Crippen LogP contribution in [0.15, 0.2) is 72.8 Å². The van der Waals surface area contributed by atoms with Gasteiger partial charge in [-0.1, -0.05) is 48.5 Å². The molecular weight excluding hydrogens is 390 g/mol. The number of benzene rings is 4. The maximum Gasteiger partial charge on any atom is 0.199 e. The molecule has 0 aliphatic heterocycles. The molecule has 0 aliphatic carbocycles. The lowest BCUT2D eigenvalue weighted by Crippen LogP contribution is -2.11. The number of fused-ring (bicyclic) bond motifs is 4. The molecule has 6 aromatic rings. The van der Waals surface area contributed by atoms with Crippen molar-refractivity contribution in [2.45, 2.75) is 20.5 Å². The van der Waals surface area contributed by atoms with Crippen LogP contribution in [0.3, 0.4) is 0 Å². The molecule has 2 aromatic heterocycles. The van der Waals surface area contributed by atoms with E-state index in [2.05, 4.69) is 0 Å². The average molecular weight is 410 g/mol. The zero-order chi connectivity index (χ0) is 21.3. The number of aromatic nitrogens is 2. The predicted octanol–water partition coefficient (Wildman–Crippen LogP) is 7.30. The molecule has 0 atom stereocenters. The minimum Gasteiger partial charge on any atom is -0.323 e. The number of nitrogens with zero attached hydrogens (tertiary/aromatic N) is 2. The summed E-state index contributed by atoms with van der Waals surface area (Å²) in [6, 6.07) is 23.9. The molecule has 0 spiro atoms. The monoisotopic (exact) mass is 410 g/mol. The van der Waals surface area contributed by atoms with Gasteiger partial charge in [0.15, 0.2) is 11.8 Å². The van der Waals surface area contributed by atoms with E-state index in [1.54, 1.807) is 18.4 Å². The first kappa shape index (κ1) is 18.1. The second-order valence-corrected chi connectivity index (χ2v) is 8.25. The van der Waals surface area contributed by atoms with Crippen molar-refractivity contribution in [2.75, 3.05) is 0 Å². The topological polar surface area (TPSA) is 9.86 Å². The van der Waals surface area contributed by atoms with Crippen LogP contribution in [-0.2, 0) is 6.67 Å². The number of hydrogen-bond acceptors (Lipinski definition) is 0. The Morgan fingerprint density at radius 1 is 0.645 bits per heavy atom. The summed E-state index contributed by atoms with van der Waals surface area (Å²) >= 11 is 0. The van der Waals surface area contributed by atoms with Gasteiger partial charge in [-0.15, -0.1) is 0 Å². The van der Waals surface area contributed by atoms with Crippen molar-refractivity contribution in [2.24, 2.45) is 0 Å². The maximum absolute atomic E-state index is 15.4. The van der Waals surface area contributed by atoms with Crippen molar-refractivity contribution in [3.8, 4) is 0 Å². The normalized spacial score (nSPS) is 12.0. The summed E-state index contributed by atoms with van der Waals surface area (Å²) in [7, 11) is 0. The Morgan fingerprint density at radius 3 is 1.71 bits per heavy atom. The lowest BCUT2D eigenvalue weighted by Gasteiger charge is -2.12. The smallest absolute Gasteiger partial charge is 0.199 e. The molecule has 0 fully saturated rings. The SMILES string of the molecule is Cc1c(F)n(Cn2c(C)c(F)c3cc4ccccc4cc32)c2cc3ccccc3cc12. The molecule has 152 valence electrons. The zero-order valence-corrected chi connectivity index (χ0v) is 17.3. The average Bonchev–Trinajstić information content (AvgIpc) is 3.16. The van der Waals surface area contributed by atoms with Crippen molar-refractivity contribution >= 4 is 43.4 Å². The van der Waals surface area contributed by atoms with Crippen molar-refractivity contribution in [1.82, 2.24) is 9.13 Å². The van der Waals surface area contributed by atoms with Crippen LogP contribution in [0.2, 0.25) is 0 Å². The van der Waals surface area contributed by atoms with Gasteiger partial charge in [-0.3, -0.25) is 4.57 Å². The number of aryl methyl sites for hydroxylation is 1. The largest absolute Gasteiger partial charge is 0.323 e. The lowest BCUT2D eigenvalue weighted by molar-refractivity contribution is 0.473. The maximum atomic E-state index is 15.4. The van der Waals surface area contributed by atoms with Gasteiger partial charge in [0, 0.05) is 16.3 Å². The first-order valence-corrected chi connectivity index (χ1v) is 10.4. The highest BCUT2D eigenvalue weighted by Crippen LogP contribution is 2.32. The number of halogens is 2. The second-order valence-electron chi connectivity index (χ2n) is 8.25.